The summed E-state index contributed by atoms with van der Waals surface area (Å²) in [7, 11) is 0. The minimum Gasteiger partial charge on any atom is -0.328 e. The lowest BCUT2D eigenvalue weighted by Crippen LogP contribution is -2.23. The third-order valence-corrected chi connectivity index (χ3v) is 3.21. The summed E-state index contributed by atoms with van der Waals surface area (Å²) in [4.78, 5) is 4.59. The number of nitrogens with one attached hydrogen (secondary N) is 1. The SMILES string of the molecule is Cc1nc2ccccc2n1CCCCNC(C)C. The second-order valence-electron chi connectivity index (χ2n) is 5.12. The van der Waals surface area contributed by atoms with Crippen LogP contribution in [0.25, 0.3) is 11.0 Å². The molecular formula is C15H23N3. The first-order valence-electron chi connectivity index (χ1n) is 6.83. The van der Waals surface area contributed by atoms with E-state index in [1.54, 1.807) is 0 Å². The van der Waals surface area contributed by atoms with Crippen LogP contribution in [0.15, 0.2) is 24.3 Å². The van der Waals surface area contributed by atoms with Crippen molar-refractivity contribution < 1.29 is 0 Å². The number of hydrogen-bond donors (Lipinski definition) is 1. The fourth-order valence-electron chi connectivity index (χ4n) is 2.26. The lowest BCUT2D eigenvalue weighted by Gasteiger charge is -2.09. The number of unbranched alkanes of at least 4 members (excludes halogenated alkanes) is 1. The molecule has 0 atom stereocenters. The van der Waals surface area contributed by atoms with Crippen LogP contribution >= 0.6 is 0 Å². The van der Waals surface area contributed by atoms with Gasteiger partial charge in [0.15, 0.2) is 0 Å². The highest BCUT2D eigenvalue weighted by atomic mass is 15.1. The molecular weight excluding hydrogens is 222 g/mol. The summed E-state index contributed by atoms with van der Waals surface area (Å²) in [6.45, 7) is 8.63. The van der Waals surface area contributed by atoms with E-state index in [0.29, 0.717) is 6.04 Å². The molecule has 2 rings (SSSR count). The van der Waals surface area contributed by atoms with E-state index in [9.17, 15) is 0 Å². The minimum atomic E-state index is 0.584. The maximum atomic E-state index is 4.59. The van der Waals surface area contributed by atoms with Crippen molar-refractivity contribution in [3.63, 3.8) is 0 Å². The van der Waals surface area contributed by atoms with Gasteiger partial charge in [0.2, 0.25) is 0 Å². The Bertz CT molecular complexity index is 499. The first-order chi connectivity index (χ1) is 8.68. The van der Waals surface area contributed by atoms with Crippen molar-refractivity contribution in [2.45, 2.75) is 46.2 Å². The van der Waals surface area contributed by atoms with Gasteiger partial charge in [-0.2, -0.15) is 0 Å². The highest BCUT2D eigenvalue weighted by Gasteiger charge is 2.05. The molecule has 0 radical (unpaired) electrons. The zero-order valence-electron chi connectivity index (χ0n) is 11.6. The molecule has 0 bridgehead atoms. The molecule has 0 spiro atoms. The van der Waals surface area contributed by atoms with Crippen LogP contribution in [0.1, 0.15) is 32.5 Å². The number of para-hydroxylation sites is 2. The number of nitrogens with zero attached hydrogens (tertiary/aromatic N) is 2. The third kappa shape index (κ3) is 3.10. The molecule has 18 heavy (non-hydrogen) atoms. The van der Waals surface area contributed by atoms with E-state index < -0.39 is 0 Å². The van der Waals surface area contributed by atoms with Crippen molar-refractivity contribution in [1.82, 2.24) is 14.9 Å². The zero-order valence-corrected chi connectivity index (χ0v) is 11.6. The molecule has 0 aliphatic carbocycles. The van der Waals surface area contributed by atoms with Crippen molar-refractivity contribution >= 4 is 11.0 Å². The van der Waals surface area contributed by atoms with Gasteiger partial charge in [-0.25, -0.2) is 4.98 Å². The van der Waals surface area contributed by atoms with Crippen LogP contribution in [0.5, 0.6) is 0 Å². The maximum Gasteiger partial charge on any atom is 0.106 e. The fraction of sp³-hybridized carbons (Fsp3) is 0.533. The van der Waals surface area contributed by atoms with Crippen LogP contribution in [-0.4, -0.2) is 22.1 Å². The molecule has 1 aromatic heterocycles. The first kappa shape index (κ1) is 13.1. The van der Waals surface area contributed by atoms with Gasteiger partial charge >= 0.3 is 0 Å². The number of hydrogen-bond acceptors (Lipinski definition) is 2. The Balaban J connectivity index is 1.93. The molecule has 98 valence electrons. The largest absolute Gasteiger partial charge is 0.328 e. The van der Waals surface area contributed by atoms with Gasteiger partial charge in [-0.15, -0.1) is 0 Å². The summed E-state index contributed by atoms with van der Waals surface area (Å²) >= 11 is 0. The van der Waals surface area contributed by atoms with Gasteiger partial charge in [-0.1, -0.05) is 26.0 Å². The summed E-state index contributed by atoms with van der Waals surface area (Å²) < 4.78 is 2.32. The smallest absolute Gasteiger partial charge is 0.106 e. The average Bonchev–Trinajstić information content (AvgIpc) is 2.65. The van der Waals surface area contributed by atoms with Gasteiger partial charge in [0.1, 0.15) is 5.82 Å². The monoisotopic (exact) mass is 245 g/mol. The first-order valence-corrected chi connectivity index (χ1v) is 6.83. The maximum absolute atomic E-state index is 4.59. The summed E-state index contributed by atoms with van der Waals surface area (Å²) in [5.74, 6) is 1.12. The number of imidazole rings is 1. The normalized spacial score (nSPS) is 11.6. The standard InChI is InChI=1S/C15H23N3/c1-12(2)16-10-6-7-11-18-13(3)17-14-8-4-5-9-15(14)18/h4-5,8-9,12,16H,6-7,10-11H2,1-3H3. The number of rotatable bonds is 6. The Morgan fingerprint density at radius 2 is 2.00 bits per heavy atom. The van der Waals surface area contributed by atoms with Crippen LogP contribution in [-0.2, 0) is 6.54 Å². The zero-order chi connectivity index (χ0) is 13.0. The molecule has 0 fully saturated rings. The van der Waals surface area contributed by atoms with Crippen LogP contribution in [0, 0.1) is 6.92 Å². The third-order valence-electron chi connectivity index (χ3n) is 3.21. The highest BCUT2D eigenvalue weighted by Crippen LogP contribution is 2.15. The van der Waals surface area contributed by atoms with Crippen molar-refractivity contribution in [3.8, 4) is 0 Å². The Morgan fingerprint density at radius 3 is 2.78 bits per heavy atom. The Kier molecular flexibility index (Phi) is 4.37. The van der Waals surface area contributed by atoms with E-state index in [2.05, 4.69) is 53.8 Å². The number of aromatic nitrogens is 2. The Morgan fingerprint density at radius 1 is 1.22 bits per heavy atom. The predicted octanol–water partition coefficient (Wildman–Crippen LogP) is 3.12. The van der Waals surface area contributed by atoms with E-state index in [-0.39, 0.29) is 0 Å². The molecule has 0 unspecified atom stereocenters. The minimum absolute atomic E-state index is 0.584. The van der Waals surface area contributed by atoms with Crippen molar-refractivity contribution in [2.24, 2.45) is 0 Å². The van der Waals surface area contributed by atoms with Gasteiger partial charge in [-0.05, 0) is 38.4 Å². The van der Waals surface area contributed by atoms with E-state index in [1.807, 2.05) is 6.07 Å². The van der Waals surface area contributed by atoms with E-state index >= 15 is 0 Å². The van der Waals surface area contributed by atoms with Gasteiger partial charge in [0.25, 0.3) is 0 Å². The lowest BCUT2D eigenvalue weighted by molar-refractivity contribution is 0.532. The Labute approximate surface area is 109 Å². The quantitative estimate of drug-likeness (QED) is 0.792. The molecule has 1 N–H and O–H groups in total. The van der Waals surface area contributed by atoms with Gasteiger partial charge in [-0.3, -0.25) is 0 Å². The number of benzene rings is 1. The van der Waals surface area contributed by atoms with Gasteiger partial charge in [0, 0.05) is 12.6 Å². The summed E-state index contributed by atoms with van der Waals surface area (Å²) in [5.41, 5.74) is 2.36. The lowest BCUT2D eigenvalue weighted by atomic mass is 10.2. The summed E-state index contributed by atoms with van der Waals surface area (Å²) in [5, 5.41) is 3.45. The molecule has 0 saturated heterocycles. The van der Waals surface area contributed by atoms with Crippen molar-refractivity contribution in [3.05, 3.63) is 30.1 Å². The molecule has 3 heteroatoms. The van der Waals surface area contributed by atoms with Crippen LogP contribution < -0.4 is 5.32 Å². The Hall–Kier alpha value is -1.35. The highest BCUT2D eigenvalue weighted by molar-refractivity contribution is 5.75. The molecule has 1 aromatic carbocycles. The van der Waals surface area contributed by atoms with Gasteiger partial charge in [0.05, 0.1) is 11.0 Å². The average molecular weight is 245 g/mol. The van der Waals surface area contributed by atoms with Crippen LogP contribution in [0.4, 0.5) is 0 Å². The van der Waals surface area contributed by atoms with Gasteiger partial charge < -0.3 is 9.88 Å². The molecule has 1 heterocycles. The predicted molar refractivity (Wildman–Crippen MR) is 76.8 cm³/mol. The van der Waals surface area contributed by atoms with E-state index in [4.69, 9.17) is 0 Å². The number of fused-ring (bicyclic) bond motifs is 1. The topological polar surface area (TPSA) is 29.9 Å². The molecule has 0 saturated carbocycles. The van der Waals surface area contributed by atoms with E-state index in [0.717, 1.165) is 24.4 Å². The van der Waals surface area contributed by atoms with Crippen LogP contribution in [0.3, 0.4) is 0 Å². The molecule has 0 aliphatic rings. The molecule has 3 nitrogen and oxygen atoms in total. The molecule has 0 aliphatic heterocycles. The molecule has 2 aromatic rings. The summed E-state index contributed by atoms with van der Waals surface area (Å²) in [6, 6.07) is 8.95. The number of aryl methyl sites for hydroxylation is 2. The van der Waals surface area contributed by atoms with Crippen molar-refractivity contribution in [1.29, 1.82) is 0 Å². The molecule has 0 amide bonds. The fourth-order valence-corrected chi connectivity index (χ4v) is 2.26. The van der Waals surface area contributed by atoms with E-state index in [1.165, 1.54) is 18.4 Å². The second-order valence-corrected chi connectivity index (χ2v) is 5.12. The van der Waals surface area contributed by atoms with Crippen LogP contribution in [0.2, 0.25) is 0 Å². The van der Waals surface area contributed by atoms with Crippen molar-refractivity contribution in [2.75, 3.05) is 6.54 Å². The second kappa shape index (κ2) is 6.01. The summed E-state index contributed by atoms with van der Waals surface area (Å²) in [6.07, 6.45) is 2.41.